The SMILES string of the molecule is N#CC(=Cc1sc(N2CCCCC2)nc1-c1ccccc1)c1nnc2n1CCCCC2. The van der Waals surface area contributed by atoms with E-state index in [9.17, 15) is 5.26 Å². The normalized spacial score (nSPS) is 17.1. The molecular formula is C24H26N6S. The summed E-state index contributed by atoms with van der Waals surface area (Å²) in [6, 6.07) is 12.6. The van der Waals surface area contributed by atoms with Gasteiger partial charge in [-0.25, -0.2) is 4.98 Å². The Morgan fingerprint density at radius 3 is 2.55 bits per heavy atom. The van der Waals surface area contributed by atoms with Crippen molar-refractivity contribution >= 4 is 28.1 Å². The van der Waals surface area contributed by atoms with E-state index in [1.807, 2.05) is 24.3 Å². The molecule has 0 atom stereocenters. The van der Waals surface area contributed by atoms with Crippen LogP contribution in [0.2, 0.25) is 0 Å². The first kappa shape index (κ1) is 20.0. The highest BCUT2D eigenvalue weighted by Crippen LogP contribution is 2.36. The van der Waals surface area contributed by atoms with Gasteiger partial charge in [-0.05, 0) is 38.2 Å². The van der Waals surface area contributed by atoms with E-state index in [2.05, 4.69) is 37.9 Å². The first-order valence-corrected chi connectivity index (χ1v) is 12.0. The van der Waals surface area contributed by atoms with Crippen molar-refractivity contribution in [3.63, 3.8) is 0 Å². The van der Waals surface area contributed by atoms with Crippen LogP contribution in [0.3, 0.4) is 0 Å². The molecule has 2 aliphatic rings. The van der Waals surface area contributed by atoms with Gasteiger partial charge >= 0.3 is 0 Å². The first-order valence-electron chi connectivity index (χ1n) is 11.2. The molecule has 0 N–H and O–H groups in total. The zero-order chi connectivity index (χ0) is 21.0. The number of benzene rings is 1. The van der Waals surface area contributed by atoms with Crippen LogP contribution in [0.25, 0.3) is 22.9 Å². The van der Waals surface area contributed by atoms with Gasteiger partial charge in [-0.1, -0.05) is 48.1 Å². The monoisotopic (exact) mass is 430 g/mol. The zero-order valence-electron chi connectivity index (χ0n) is 17.6. The van der Waals surface area contributed by atoms with Gasteiger partial charge in [-0.3, -0.25) is 0 Å². The highest BCUT2D eigenvalue weighted by molar-refractivity contribution is 7.17. The molecule has 7 heteroatoms. The first-order chi connectivity index (χ1) is 15.3. The third-order valence-corrected chi connectivity index (χ3v) is 7.13. The van der Waals surface area contributed by atoms with Crippen molar-refractivity contribution in [2.45, 2.75) is 51.5 Å². The number of nitrogens with zero attached hydrogens (tertiary/aromatic N) is 6. The van der Waals surface area contributed by atoms with Crippen LogP contribution in [0, 0.1) is 11.3 Å². The number of aromatic nitrogens is 4. The third-order valence-electron chi connectivity index (χ3n) is 6.06. The molecule has 4 heterocycles. The maximum Gasteiger partial charge on any atom is 0.186 e. The molecule has 2 aromatic heterocycles. The molecule has 1 fully saturated rings. The highest BCUT2D eigenvalue weighted by Gasteiger charge is 2.21. The van der Waals surface area contributed by atoms with Crippen LogP contribution in [0.5, 0.6) is 0 Å². The van der Waals surface area contributed by atoms with Crippen LogP contribution in [0.15, 0.2) is 30.3 Å². The van der Waals surface area contributed by atoms with Gasteiger partial charge in [0.2, 0.25) is 0 Å². The van der Waals surface area contributed by atoms with Crippen molar-refractivity contribution in [2.75, 3.05) is 18.0 Å². The Hall–Kier alpha value is -2.98. The Balaban J connectivity index is 1.58. The Bertz CT molecular complexity index is 1110. The molecule has 0 aliphatic carbocycles. The number of nitriles is 1. The van der Waals surface area contributed by atoms with Crippen LogP contribution in [-0.4, -0.2) is 32.8 Å². The van der Waals surface area contributed by atoms with Gasteiger partial charge in [-0.2, -0.15) is 5.26 Å². The van der Waals surface area contributed by atoms with Gasteiger partial charge < -0.3 is 9.47 Å². The molecule has 0 spiro atoms. The number of allylic oxidation sites excluding steroid dienone is 1. The summed E-state index contributed by atoms with van der Waals surface area (Å²) < 4.78 is 2.14. The molecule has 2 aliphatic heterocycles. The number of rotatable bonds is 4. The Kier molecular flexibility index (Phi) is 5.81. The number of hydrogen-bond acceptors (Lipinski definition) is 6. The van der Waals surface area contributed by atoms with E-state index in [0.29, 0.717) is 11.4 Å². The fraction of sp³-hybridized carbons (Fsp3) is 0.417. The lowest BCUT2D eigenvalue weighted by Gasteiger charge is -2.25. The summed E-state index contributed by atoms with van der Waals surface area (Å²) in [5, 5.41) is 19.9. The van der Waals surface area contributed by atoms with Crippen molar-refractivity contribution in [2.24, 2.45) is 0 Å². The van der Waals surface area contributed by atoms with Crippen molar-refractivity contribution in [1.82, 2.24) is 19.7 Å². The summed E-state index contributed by atoms with van der Waals surface area (Å²) in [6.45, 7) is 2.98. The summed E-state index contributed by atoms with van der Waals surface area (Å²) in [5.74, 6) is 1.68. The maximum absolute atomic E-state index is 10.0. The molecule has 1 saturated heterocycles. The van der Waals surface area contributed by atoms with Crippen LogP contribution in [0.1, 0.15) is 55.1 Å². The van der Waals surface area contributed by atoms with E-state index in [-0.39, 0.29) is 0 Å². The number of piperidine rings is 1. The van der Waals surface area contributed by atoms with Gasteiger partial charge in [0.15, 0.2) is 11.0 Å². The molecule has 0 bridgehead atoms. The lowest BCUT2D eigenvalue weighted by molar-refractivity contribution is 0.577. The van der Waals surface area contributed by atoms with Crippen LogP contribution < -0.4 is 4.90 Å². The summed E-state index contributed by atoms with van der Waals surface area (Å²) in [6.07, 6.45) is 10.0. The fourth-order valence-corrected chi connectivity index (χ4v) is 5.49. The second-order valence-electron chi connectivity index (χ2n) is 8.19. The topological polar surface area (TPSA) is 70.6 Å². The number of hydrogen-bond donors (Lipinski definition) is 0. The summed E-state index contributed by atoms with van der Waals surface area (Å²) in [4.78, 5) is 8.41. The number of fused-ring (bicyclic) bond motifs is 1. The smallest absolute Gasteiger partial charge is 0.186 e. The minimum absolute atomic E-state index is 0.562. The molecule has 5 rings (SSSR count). The zero-order valence-corrected chi connectivity index (χ0v) is 18.4. The molecular weight excluding hydrogens is 404 g/mol. The molecule has 158 valence electrons. The quantitative estimate of drug-likeness (QED) is 0.533. The van der Waals surface area contributed by atoms with Crippen molar-refractivity contribution < 1.29 is 0 Å². The van der Waals surface area contributed by atoms with Crippen LogP contribution in [-0.2, 0) is 13.0 Å². The van der Waals surface area contributed by atoms with E-state index < -0.39 is 0 Å². The maximum atomic E-state index is 10.0. The molecule has 6 nitrogen and oxygen atoms in total. The second-order valence-corrected chi connectivity index (χ2v) is 9.20. The molecule has 0 saturated carbocycles. The van der Waals surface area contributed by atoms with Gasteiger partial charge in [0.05, 0.1) is 16.1 Å². The Morgan fingerprint density at radius 2 is 1.74 bits per heavy atom. The van der Waals surface area contributed by atoms with Crippen molar-refractivity contribution in [1.29, 1.82) is 5.26 Å². The minimum atomic E-state index is 0.562. The molecule has 1 aromatic carbocycles. The van der Waals surface area contributed by atoms with Gasteiger partial charge in [0.25, 0.3) is 0 Å². The third kappa shape index (κ3) is 4.13. The van der Waals surface area contributed by atoms with E-state index in [4.69, 9.17) is 4.98 Å². The largest absolute Gasteiger partial charge is 0.348 e. The van der Waals surface area contributed by atoms with Crippen LogP contribution >= 0.6 is 11.3 Å². The Morgan fingerprint density at radius 1 is 0.968 bits per heavy atom. The molecule has 31 heavy (non-hydrogen) atoms. The number of aryl methyl sites for hydroxylation is 1. The molecule has 0 amide bonds. The summed E-state index contributed by atoms with van der Waals surface area (Å²) >= 11 is 1.67. The van der Waals surface area contributed by atoms with Crippen molar-refractivity contribution in [3.05, 3.63) is 46.9 Å². The lowest BCUT2D eigenvalue weighted by Crippen LogP contribution is -2.29. The summed E-state index contributed by atoms with van der Waals surface area (Å²) in [5.41, 5.74) is 2.58. The van der Waals surface area contributed by atoms with E-state index in [1.54, 1.807) is 11.3 Å². The summed E-state index contributed by atoms with van der Waals surface area (Å²) in [7, 11) is 0. The minimum Gasteiger partial charge on any atom is -0.348 e. The van der Waals surface area contributed by atoms with Crippen LogP contribution in [0.4, 0.5) is 5.13 Å². The Labute approximate surface area is 186 Å². The molecule has 3 aromatic rings. The predicted octanol–water partition coefficient (Wildman–Crippen LogP) is 5.18. The number of anilines is 1. The lowest BCUT2D eigenvalue weighted by atomic mass is 10.1. The molecule has 0 unspecified atom stereocenters. The second kappa shape index (κ2) is 9.03. The standard InChI is InChI=1S/C24H26N6S/c25-17-19(23-28-27-21-12-6-2-9-15-30(21)23)16-20-22(18-10-4-1-5-11-18)26-24(31-20)29-13-7-3-8-14-29/h1,4-5,10-11,16H,2-3,6-9,12-15H2. The predicted molar refractivity (Wildman–Crippen MR) is 125 cm³/mol. The highest BCUT2D eigenvalue weighted by atomic mass is 32.1. The van der Waals surface area contributed by atoms with Gasteiger partial charge in [-0.15, -0.1) is 10.2 Å². The van der Waals surface area contributed by atoms with Crippen molar-refractivity contribution in [3.8, 4) is 17.3 Å². The average Bonchev–Trinajstić information content (AvgIpc) is 3.35. The molecule has 0 radical (unpaired) electrons. The van der Waals surface area contributed by atoms with Gasteiger partial charge in [0.1, 0.15) is 11.9 Å². The number of thiazole rings is 1. The van der Waals surface area contributed by atoms with Gasteiger partial charge in [0, 0.05) is 31.6 Å². The average molecular weight is 431 g/mol. The van der Waals surface area contributed by atoms with E-state index >= 15 is 0 Å². The van der Waals surface area contributed by atoms with E-state index in [0.717, 1.165) is 66.0 Å². The fourth-order valence-electron chi connectivity index (χ4n) is 4.40. The van der Waals surface area contributed by atoms with E-state index in [1.165, 1.54) is 25.7 Å².